The Labute approximate surface area is 231 Å². The summed E-state index contributed by atoms with van der Waals surface area (Å²) in [6, 6.07) is 34.6. The zero-order chi connectivity index (χ0) is 27.5. The molecule has 0 bridgehead atoms. The lowest BCUT2D eigenvalue weighted by molar-refractivity contribution is 0.347. The molecule has 0 N–H and O–H groups in total. The molecule has 0 amide bonds. The van der Waals surface area contributed by atoms with E-state index in [1.54, 1.807) is 0 Å². The molecular weight excluding hydrogens is 485 g/mol. The van der Waals surface area contributed by atoms with Gasteiger partial charge in [-0.25, -0.2) is 4.39 Å². The molecule has 198 valence electrons. The minimum Gasteiger partial charge on any atom is -0.457 e. The van der Waals surface area contributed by atoms with Crippen LogP contribution in [-0.2, 0) is 13.0 Å². The lowest BCUT2D eigenvalue weighted by atomic mass is 10.1. The monoisotopic (exact) mass is 519 g/mol. The third kappa shape index (κ3) is 7.96. The zero-order valence-corrected chi connectivity index (χ0v) is 22.6. The summed E-state index contributed by atoms with van der Waals surface area (Å²) in [4.78, 5) is 4.71. The van der Waals surface area contributed by atoms with Crippen LogP contribution in [0.15, 0.2) is 115 Å². The van der Waals surface area contributed by atoms with E-state index in [-0.39, 0.29) is 5.82 Å². The van der Waals surface area contributed by atoms with Gasteiger partial charge in [0.25, 0.3) is 0 Å². The molecule has 5 heteroatoms. The van der Waals surface area contributed by atoms with Gasteiger partial charge in [-0.05, 0) is 92.1 Å². The highest BCUT2D eigenvalue weighted by Crippen LogP contribution is 2.26. The van der Waals surface area contributed by atoms with Gasteiger partial charge in [-0.1, -0.05) is 48.5 Å². The smallest absolute Gasteiger partial charge is 0.127 e. The fourth-order valence-electron chi connectivity index (χ4n) is 4.46. The van der Waals surface area contributed by atoms with Gasteiger partial charge in [-0.3, -0.25) is 0 Å². The number of para-hydroxylation sites is 1. The van der Waals surface area contributed by atoms with E-state index in [0.717, 1.165) is 60.9 Å². The number of rotatable bonds is 12. The van der Waals surface area contributed by atoms with Crippen molar-refractivity contribution in [1.29, 1.82) is 5.26 Å². The Kier molecular flexibility index (Phi) is 9.74. The normalized spacial score (nSPS) is 11.1. The molecule has 0 saturated heterocycles. The van der Waals surface area contributed by atoms with Crippen LogP contribution in [0.3, 0.4) is 0 Å². The van der Waals surface area contributed by atoms with Crippen LogP contribution in [0, 0.1) is 17.1 Å². The van der Waals surface area contributed by atoms with E-state index in [4.69, 9.17) is 10.00 Å². The average molecular weight is 520 g/mol. The lowest BCUT2D eigenvalue weighted by Gasteiger charge is -2.32. The summed E-state index contributed by atoms with van der Waals surface area (Å²) in [5.41, 5.74) is 5.23. The molecule has 39 heavy (non-hydrogen) atoms. The van der Waals surface area contributed by atoms with Gasteiger partial charge in [0.2, 0.25) is 0 Å². The van der Waals surface area contributed by atoms with Crippen molar-refractivity contribution in [2.45, 2.75) is 26.8 Å². The third-order valence-electron chi connectivity index (χ3n) is 6.69. The Balaban J connectivity index is 1.52. The van der Waals surface area contributed by atoms with Crippen LogP contribution in [0.25, 0.3) is 0 Å². The van der Waals surface area contributed by atoms with E-state index < -0.39 is 0 Å². The number of nitriles is 1. The maximum atomic E-state index is 13.5. The van der Waals surface area contributed by atoms with Crippen molar-refractivity contribution < 1.29 is 9.13 Å². The topological polar surface area (TPSA) is 39.5 Å². The second-order valence-electron chi connectivity index (χ2n) is 9.31. The minimum atomic E-state index is -0.220. The first kappa shape index (κ1) is 27.5. The van der Waals surface area contributed by atoms with E-state index in [2.05, 4.69) is 47.9 Å². The molecule has 4 nitrogen and oxygen atoms in total. The molecule has 0 spiro atoms. The molecule has 4 aromatic rings. The van der Waals surface area contributed by atoms with Gasteiger partial charge in [0, 0.05) is 31.0 Å². The van der Waals surface area contributed by atoms with Crippen LogP contribution >= 0.6 is 0 Å². The predicted molar refractivity (Wildman–Crippen MR) is 156 cm³/mol. The van der Waals surface area contributed by atoms with Crippen LogP contribution < -0.4 is 9.64 Å². The minimum absolute atomic E-state index is 0.220. The van der Waals surface area contributed by atoms with Crippen LogP contribution in [0.1, 0.15) is 30.5 Å². The first-order valence-electron chi connectivity index (χ1n) is 13.3. The average Bonchev–Trinajstić information content (AvgIpc) is 2.98. The summed E-state index contributed by atoms with van der Waals surface area (Å²) in [5, 5.41) is 9.13. The molecule has 4 rings (SSSR count). The summed E-state index contributed by atoms with van der Waals surface area (Å²) in [7, 11) is 0. The number of anilines is 1. The highest BCUT2D eigenvalue weighted by atomic mass is 19.1. The second-order valence-corrected chi connectivity index (χ2v) is 9.31. The zero-order valence-electron chi connectivity index (χ0n) is 22.6. The Morgan fingerprint density at radius 3 is 2.10 bits per heavy atom. The van der Waals surface area contributed by atoms with E-state index in [1.165, 1.54) is 17.8 Å². The third-order valence-corrected chi connectivity index (χ3v) is 6.69. The molecule has 0 aromatic heterocycles. The number of hydrogen-bond donors (Lipinski definition) is 0. The van der Waals surface area contributed by atoms with Gasteiger partial charge in [0.15, 0.2) is 0 Å². The number of allylic oxidation sites excluding steroid dienone is 1. The molecular formula is C34H34FN3O. The quantitative estimate of drug-likeness (QED) is 0.190. The van der Waals surface area contributed by atoms with E-state index >= 15 is 0 Å². The van der Waals surface area contributed by atoms with Crippen LogP contribution in [0.4, 0.5) is 10.1 Å². The van der Waals surface area contributed by atoms with Crippen LogP contribution in [0.2, 0.25) is 0 Å². The Hall–Kier alpha value is -4.56. The SMILES string of the molecule is C/C=C(/CN(CCc1ccc(F)cc1)c1ccc(Oc2ccccc2)cc1)N(CC)Cc1ccc(C#N)cc1. The Morgan fingerprint density at radius 2 is 1.49 bits per heavy atom. The van der Waals surface area contributed by atoms with Crippen molar-refractivity contribution in [2.24, 2.45) is 0 Å². The molecule has 0 atom stereocenters. The molecule has 0 radical (unpaired) electrons. The Bertz CT molecular complexity index is 1380. The molecule has 0 fully saturated rings. The second kappa shape index (κ2) is 13.8. The van der Waals surface area contributed by atoms with Crippen molar-refractivity contribution in [3.8, 4) is 17.6 Å². The summed E-state index contributed by atoms with van der Waals surface area (Å²) in [5.74, 6) is 1.36. The predicted octanol–water partition coefficient (Wildman–Crippen LogP) is 7.96. The summed E-state index contributed by atoms with van der Waals surface area (Å²) >= 11 is 0. The first-order chi connectivity index (χ1) is 19.1. The molecule has 0 aliphatic carbocycles. The van der Waals surface area contributed by atoms with E-state index in [1.807, 2.05) is 78.9 Å². The number of nitrogens with zero attached hydrogens (tertiary/aromatic N) is 3. The number of ether oxygens (including phenoxy) is 1. The summed E-state index contributed by atoms with van der Waals surface area (Å²) in [6.07, 6.45) is 2.96. The Morgan fingerprint density at radius 1 is 0.846 bits per heavy atom. The van der Waals surface area contributed by atoms with Gasteiger partial charge < -0.3 is 14.5 Å². The van der Waals surface area contributed by atoms with Crippen molar-refractivity contribution in [1.82, 2.24) is 4.90 Å². The van der Waals surface area contributed by atoms with Crippen molar-refractivity contribution in [2.75, 3.05) is 24.5 Å². The van der Waals surface area contributed by atoms with E-state index in [9.17, 15) is 4.39 Å². The maximum absolute atomic E-state index is 13.5. The molecule has 0 heterocycles. The molecule has 0 aliphatic rings. The number of hydrogen-bond acceptors (Lipinski definition) is 4. The molecule has 0 unspecified atom stereocenters. The van der Waals surface area contributed by atoms with Gasteiger partial charge in [-0.15, -0.1) is 0 Å². The standard InChI is InChI=1S/C34H34FN3O/c1-3-31(37(4-2)25-29-12-10-28(24-36)11-13-29)26-38(23-22-27-14-16-30(35)17-15-27)32-18-20-34(21-19-32)39-33-8-6-5-7-9-33/h3,5-21H,4,22-23,25-26H2,1-2H3/b31-3-. The van der Waals surface area contributed by atoms with Gasteiger partial charge in [-0.2, -0.15) is 5.26 Å². The summed E-state index contributed by atoms with van der Waals surface area (Å²) in [6.45, 7) is 7.35. The largest absolute Gasteiger partial charge is 0.457 e. The molecule has 0 saturated carbocycles. The van der Waals surface area contributed by atoms with E-state index in [0.29, 0.717) is 5.56 Å². The van der Waals surface area contributed by atoms with Crippen molar-refractivity contribution in [3.63, 3.8) is 0 Å². The van der Waals surface area contributed by atoms with Gasteiger partial charge in [0.05, 0.1) is 18.2 Å². The fourth-order valence-corrected chi connectivity index (χ4v) is 4.46. The van der Waals surface area contributed by atoms with Gasteiger partial charge in [0.1, 0.15) is 17.3 Å². The number of halogens is 1. The maximum Gasteiger partial charge on any atom is 0.127 e. The number of likely N-dealkylation sites (N-methyl/N-ethyl adjacent to an activating group) is 1. The summed E-state index contributed by atoms with van der Waals surface area (Å²) < 4.78 is 19.5. The number of benzene rings is 4. The van der Waals surface area contributed by atoms with Crippen LogP contribution in [-0.4, -0.2) is 24.5 Å². The fraction of sp³-hybridized carbons (Fsp3) is 0.206. The van der Waals surface area contributed by atoms with Crippen molar-refractivity contribution >= 4 is 5.69 Å². The molecule has 4 aromatic carbocycles. The first-order valence-corrected chi connectivity index (χ1v) is 13.3. The highest BCUT2D eigenvalue weighted by molar-refractivity contribution is 5.51. The van der Waals surface area contributed by atoms with Crippen molar-refractivity contribution in [3.05, 3.63) is 137 Å². The highest BCUT2D eigenvalue weighted by Gasteiger charge is 2.15. The van der Waals surface area contributed by atoms with Gasteiger partial charge >= 0.3 is 0 Å². The molecule has 0 aliphatic heterocycles. The van der Waals surface area contributed by atoms with Crippen LogP contribution in [0.5, 0.6) is 11.5 Å². The lowest BCUT2D eigenvalue weighted by Crippen LogP contribution is -2.34.